The van der Waals surface area contributed by atoms with Crippen LogP contribution in [0.25, 0.3) is 0 Å². The molecular weight excluding hydrogens is 339 g/mol. The zero-order valence-electron chi connectivity index (χ0n) is 13.4. The molecule has 0 aromatic heterocycles. The van der Waals surface area contributed by atoms with Crippen LogP contribution in [0.4, 0.5) is 24.5 Å². The zero-order chi connectivity index (χ0) is 18.2. The van der Waals surface area contributed by atoms with Crippen LogP contribution in [-0.4, -0.2) is 35.4 Å². The summed E-state index contributed by atoms with van der Waals surface area (Å²) in [6.45, 7) is 1.46. The fourth-order valence-electron chi connectivity index (χ4n) is 3.06. The Morgan fingerprint density at radius 3 is 2.64 bits per heavy atom. The number of hydrogen-bond donors (Lipinski definition) is 1. The van der Waals surface area contributed by atoms with Crippen molar-refractivity contribution in [1.29, 1.82) is 0 Å². The van der Waals surface area contributed by atoms with E-state index in [1.54, 1.807) is 4.90 Å². The first-order valence-electron chi connectivity index (χ1n) is 8.14. The lowest BCUT2D eigenvalue weighted by Crippen LogP contribution is -2.30. The van der Waals surface area contributed by atoms with Crippen LogP contribution in [0.15, 0.2) is 18.2 Å². The van der Waals surface area contributed by atoms with Crippen LogP contribution < -0.4 is 5.32 Å². The molecular formula is C16H18F3N3O3. The molecule has 1 heterocycles. The SMILES string of the molecule is O=C(C1CC1)N1CC[C@@H](CNc2cc(C(F)(F)F)ccc2[N+](=O)[O-])C1. The van der Waals surface area contributed by atoms with Gasteiger partial charge < -0.3 is 10.2 Å². The monoisotopic (exact) mass is 357 g/mol. The number of hydrogen-bond acceptors (Lipinski definition) is 4. The largest absolute Gasteiger partial charge is 0.416 e. The summed E-state index contributed by atoms with van der Waals surface area (Å²) in [5, 5.41) is 13.8. The number of benzene rings is 1. The van der Waals surface area contributed by atoms with Crippen molar-refractivity contribution >= 4 is 17.3 Å². The van der Waals surface area contributed by atoms with Crippen molar-refractivity contribution in [3.63, 3.8) is 0 Å². The van der Waals surface area contributed by atoms with E-state index in [1.165, 1.54) is 0 Å². The van der Waals surface area contributed by atoms with E-state index in [4.69, 9.17) is 0 Å². The highest BCUT2D eigenvalue weighted by atomic mass is 19.4. The molecule has 0 spiro atoms. The van der Waals surface area contributed by atoms with Crippen molar-refractivity contribution in [3.8, 4) is 0 Å². The molecule has 2 fully saturated rings. The van der Waals surface area contributed by atoms with Crippen molar-refractivity contribution in [2.75, 3.05) is 25.0 Å². The van der Waals surface area contributed by atoms with Gasteiger partial charge in [-0.15, -0.1) is 0 Å². The van der Waals surface area contributed by atoms with E-state index in [-0.39, 0.29) is 30.0 Å². The molecule has 1 aromatic carbocycles. The quantitative estimate of drug-likeness (QED) is 0.648. The molecule has 6 nitrogen and oxygen atoms in total. The van der Waals surface area contributed by atoms with Gasteiger partial charge in [0.2, 0.25) is 5.91 Å². The lowest BCUT2D eigenvalue weighted by atomic mass is 10.1. The summed E-state index contributed by atoms with van der Waals surface area (Å²) < 4.78 is 38.5. The Hall–Kier alpha value is -2.32. The van der Waals surface area contributed by atoms with E-state index in [9.17, 15) is 28.1 Å². The Bertz CT molecular complexity index is 689. The van der Waals surface area contributed by atoms with E-state index in [1.807, 2.05) is 0 Å². The fourth-order valence-corrected chi connectivity index (χ4v) is 3.06. The van der Waals surface area contributed by atoms with Crippen LogP contribution in [0.3, 0.4) is 0 Å². The van der Waals surface area contributed by atoms with Gasteiger partial charge in [0.1, 0.15) is 5.69 Å². The number of nitrogens with one attached hydrogen (secondary N) is 1. The minimum absolute atomic E-state index is 0.0665. The predicted molar refractivity (Wildman–Crippen MR) is 84.0 cm³/mol. The van der Waals surface area contributed by atoms with E-state index >= 15 is 0 Å². The van der Waals surface area contributed by atoms with E-state index in [0.717, 1.165) is 31.4 Å². The third kappa shape index (κ3) is 4.02. The summed E-state index contributed by atoms with van der Waals surface area (Å²) in [6, 6.07) is 2.33. The fraction of sp³-hybridized carbons (Fsp3) is 0.562. The first-order valence-corrected chi connectivity index (χ1v) is 8.14. The summed E-state index contributed by atoms with van der Waals surface area (Å²) in [5.41, 5.74) is -1.47. The Labute approximate surface area is 142 Å². The third-order valence-electron chi connectivity index (χ3n) is 4.63. The number of rotatable bonds is 5. The van der Waals surface area contributed by atoms with Crippen LogP contribution >= 0.6 is 0 Å². The normalized spacial score (nSPS) is 20.6. The number of carbonyl (C=O) groups excluding carboxylic acids is 1. The van der Waals surface area contributed by atoms with Gasteiger partial charge in [0, 0.05) is 31.6 Å². The van der Waals surface area contributed by atoms with Crippen LogP contribution in [0.2, 0.25) is 0 Å². The van der Waals surface area contributed by atoms with Gasteiger partial charge in [-0.25, -0.2) is 0 Å². The van der Waals surface area contributed by atoms with Crippen LogP contribution in [0.5, 0.6) is 0 Å². The first-order chi connectivity index (χ1) is 11.8. The van der Waals surface area contributed by atoms with Crippen molar-refractivity contribution in [2.24, 2.45) is 11.8 Å². The molecule has 0 unspecified atom stereocenters. The van der Waals surface area contributed by atoms with Gasteiger partial charge in [0.15, 0.2) is 0 Å². The number of likely N-dealkylation sites (tertiary alicyclic amines) is 1. The van der Waals surface area contributed by atoms with Gasteiger partial charge in [0.05, 0.1) is 10.5 Å². The Balaban J connectivity index is 1.65. The summed E-state index contributed by atoms with van der Waals surface area (Å²) >= 11 is 0. The summed E-state index contributed by atoms with van der Waals surface area (Å²) in [6.07, 6.45) is -1.98. The molecule has 1 saturated carbocycles. The molecule has 2 aliphatic rings. The molecule has 0 bridgehead atoms. The molecule has 1 saturated heterocycles. The van der Waals surface area contributed by atoms with Crippen LogP contribution in [-0.2, 0) is 11.0 Å². The van der Waals surface area contributed by atoms with Gasteiger partial charge in [-0.1, -0.05) is 0 Å². The summed E-state index contributed by atoms with van der Waals surface area (Å²) in [7, 11) is 0. The smallest absolute Gasteiger partial charge is 0.379 e. The zero-order valence-corrected chi connectivity index (χ0v) is 13.4. The molecule has 1 atom stereocenters. The molecule has 25 heavy (non-hydrogen) atoms. The van der Waals surface area contributed by atoms with Crippen molar-refractivity contribution in [2.45, 2.75) is 25.4 Å². The van der Waals surface area contributed by atoms with Gasteiger partial charge >= 0.3 is 6.18 Å². The summed E-state index contributed by atoms with van der Waals surface area (Å²) in [4.78, 5) is 24.1. The predicted octanol–water partition coefficient (Wildman–Crippen LogP) is 3.28. The second-order valence-electron chi connectivity index (χ2n) is 6.58. The molecule has 136 valence electrons. The Kier molecular flexibility index (Phi) is 4.57. The van der Waals surface area contributed by atoms with Crippen molar-refractivity contribution in [1.82, 2.24) is 4.90 Å². The van der Waals surface area contributed by atoms with Crippen molar-refractivity contribution < 1.29 is 22.9 Å². The first kappa shape index (κ1) is 17.5. The number of alkyl halides is 3. The minimum atomic E-state index is -4.56. The lowest BCUT2D eigenvalue weighted by Gasteiger charge is -2.17. The molecule has 1 N–H and O–H groups in total. The molecule has 1 aromatic rings. The number of nitrogens with zero attached hydrogens (tertiary/aromatic N) is 2. The molecule has 1 amide bonds. The highest BCUT2D eigenvalue weighted by Gasteiger charge is 2.37. The number of halogens is 3. The Morgan fingerprint density at radius 2 is 2.04 bits per heavy atom. The average molecular weight is 357 g/mol. The number of nitro benzene ring substituents is 1. The molecule has 1 aliphatic heterocycles. The number of carbonyl (C=O) groups is 1. The molecule has 9 heteroatoms. The van der Waals surface area contributed by atoms with E-state index in [2.05, 4.69) is 5.32 Å². The Morgan fingerprint density at radius 1 is 1.32 bits per heavy atom. The number of nitro groups is 1. The molecule has 3 rings (SSSR count). The highest BCUT2D eigenvalue weighted by Crippen LogP contribution is 2.36. The van der Waals surface area contributed by atoms with Gasteiger partial charge in [-0.3, -0.25) is 14.9 Å². The highest BCUT2D eigenvalue weighted by molar-refractivity contribution is 5.81. The maximum atomic E-state index is 12.8. The summed E-state index contributed by atoms with van der Waals surface area (Å²) in [5.74, 6) is 0.348. The minimum Gasteiger partial charge on any atom is -0.379 e. The number of amides is 1. The molecule has 0 radical (unpaired) electrons. The van der Waals surface area contributed by atoms with Crippen molar-refractivity contribution in [3.05, 3.63) is 33.9 Å². The lowest BCUT2D eigenvalue weighted by molar-refractivity contribution is -0.384. The van der Waals surface area contributed by atoms with Crippen LogP contribution in [0, 0.1) is 22.0 Å². The maximum absolute atomic E-state index is 12.8. The van der Waals surface area contributed by atoms with Gasteiger partial charge in [0.25, 0.3) is 5.69 Å². The van der Waals surface area contributed by atoms with Gasteiger partial charge in [-0.2, -0.15) is 13.2 Å². The second kappa shape index (κ2) is 6.53. The topological polar surface area (TPSA) is 75.5 Å². The van der Waals surface area contributed by atoms with Crippen LogP contribution in [0.1, 0.15) is 24.8 Å². The standard InChI is InChI=1S/C16H18F3N3O3/c17-16(18,19)12-3-4-14(22(24)25)13(7-12)20-8-10-5-6-21(9-10)15(23)11-1-2-11/h3-4,7,10-11,20H,1-2,5-6,8-9H2/t10-/m0/s1. The second-order valence-corrected chi connectivity index (χ2v) is 6.58. The van der Waals surface area contributed by atoms with Gasteiger partial charge in [-0.05, 0) is 37.3 Å². The maximum Gasteiger partial charge on any atom is 0.416 e. The number of anilines is 1. The third-order valence-corrected chi connectivity index (χ3v) is 4.63. The average Bonchev–Trinajstić information content (AvgIpc) is 3.29. The van der Waals surface area contributed by atoms with E-state index < -0.39 is 22.4 Å². The van der Waals surface area contributed by atoms with E-state index in [0.29, 0.717) is 19.2 Å². The molecule has 1 aliphatic carbocycles.